The fourth-order valence-corrected chi connectivity index (χ4v) is 1.52. The molecule has 1 nitrogen and oxygen atoms in total. The maximum absolute atomic E-state index is 13.4. The molecule has 0 heterocycles. The smallest absolute Gasteiger partial charge is 0.146 e. The number of halogens is 2. The Morgan fingerprint density at radius 3 is 2.50 bits per heavy atom. The highest BCUT2D eigenvalue weighted by molar-refractivity contribution is 5.46. The summed E-state index contributed by atoms with van der Waals surface area (Å²) in [6.07, 6.45) is 2.05. The van der Waals surface area contributed by atoms with Gasteiger partial charge in [-0.15, -0.1) is 0 Å². The molecule has 0 aliphatic heterocycles. The van der Waals surface area contributed by atoms with Gasteiger partial charge in [0, 0.05) is 12.6 Å². The van der Waals surface area contributed by atoms with Crippen LogP contribution in [0, 0.1) is 24.5 Å². The van der Waals surface area contributed by atoms with E-state index in [1.165, 1.54) is 12.1 Å². The van der Waals surface area contributed by atoms with Gasteiger partial charge in [-0.05, 0) is 37.3 Å². The highest BCUT2D eigenvalue weighted by Crippen LogP contribution is 2.18. The summed E-state index contributed by atoms with van der Waals surface area (Å²) < 4.78 is 26.6. The second-order valence-electron chi connectivity index (χ2n) is 4.54. The molecule has 90 valence electrons. The molecule has 0 amide bonds. The van der Waals surface area contributed by atoms with Crippen LogP contribution >= 0.6 is 0 Å². The number of aryl methyl sites for hydroxylation is 1. The first kappa shape index (κ1) is 12.9. The van der Waals surface area contributed by atoms with Gasteiger partial charge in [0.05, 0.1) is 5.69 Å². The van der Waals surface area contributed by atoms with Gasteiger partial charge in [-0.2, -0.15) is 0 Å². The maximum atomic E-state index is 13.4. The molecule has 0 aromatic heterocycles. The minimum atomic E-state index is -0.386. The molecule has 1 N–H and O–H groups in total. The van der Waals surface area contributed by atoms with E-state index in [9.17, 15) is 8.78 Å². The average Bonchev–Trinajstić information content (AvgIpc) is 2.19. The van der Waals surface area contributed by atoms with Gasteiger partial charge >= 0.3 is 0 Å². The summed E-state index contributed by atoms with van der Waals surface area (Å²) in [5, 5.41) is 2.92. The quantitative estimate of drug-likeness (QED) is 0.746. The lowest BCUT2D eigenvalue weighted by Gasteiger charge is -2.09. The molecule has 16 heavy (non-hydrogen) atoms. The van der Waals surface area contributed by atoms with Gasteiger partial charge in [-0.25, -0.2) is 8.78 Å². The molecule has 0 saturated heterocycles. The zero-order valence-electron chi connectivity index (χ0n) is 10.1. The summed E-state index contributed by atoms with van der Waals surface area (Å²) in [5.74, 6) is -0.113. The van der Waals surface area contributed by atoms with E-state index in [0.29, 0.717) is 18.0 Å². The van der Waals surface area contributed by atoms with E-state index >= 15 is 0 Å². The van der Waals surface area contributed by atoms with E-state index in [2.05, 4.69) is 19.2 Å². The first-order valence-electron chi connectivity index (χ1n) is 5.70. The molecule has 1 aromatic carbocycles. The number of hydrogen-bond donors (Lipinski definition) is 1. The standard InChI is InChI=1S/C13H19F2N/c1-9(2)5-4-6-16-13-8-11(14)10(3)7-12(13)15/h7-9,16H,4-6H2,1-3H3. The number of hydrogen-bond acceptors (Lipinski definition) is 1. The van der Waals surface area contributed by atoms with E-state index in [-0.39, 0.29) is 17.3 Å². The minimum absolute atomic E-state index is 0.256. The molecular weight excluding hydrogens is 208 g/mol. The second-order valence-corrected chi connectivity index (χ2v) is 4.54. The monoisotopic (exact) mass is 227 g/mol. The Morgan fingerprint density at radius 2 is 1.88 bits per heavy atom. The molecule has 1 rings (SSSR count). The van der Waals surface area contributed by atoms with E-state index in [0.717, 1.165) is 12.8 Å². The Balaban J connectivity index is 2.51. The molecule has 0 atom stereocenters. The summed E-state index contributed by atoms with van der Waals surface area (Å²) in [6.45, 7) is 6.52. The number of anilines is 1. The van der Waals surface area contributed by atoms with Crippen molar-refractivity contribution in [3.8, 4) is 0 Å². The summed E-state index contributed by atoms with van der Waals surface area (Å²) in [5.41, 5.74) is 0.595. The lowest BCUT2D eigenvalue weighted by molar-refractivity contribution is 0.564. The first-order chi connectivity index (χ1) is 7.50. The van der Waals surface area contributed by atoms with Crippen LogP contribution in [0.3, 0.4) is 0 Å². The van der Waals surface area contributed by atoms with Crippen LogP contribution in [0.1, 0.15) is 32.3 Å². The maximum Gasteiger partial charge on any atom is 0.146 e. The molecule has 0 unspecified atom stereocenters. The van der Waals surface area contributed by atoms with Gasteiger partial charge in [0.1, 0.15) is 11.6 Å². The molecule has 0 fully saturated rings. The highest BCUT2D eigenvalue weighted by Gasteiger charge is 2.06. The molecule has 1 aromatic rings. The average molecular weight is 227 g/mol. The Morgan fingerprint density at radius 1 is 1.19 bits per heavy atom. The molecule has 0 bridgehead atoms. The van der Waals surface area contributed by atoms with Crippen molar-refractivity contribution in [2.24, 2.45) is 5.92 Å². The third kappa shape index (κ3) is 3.80. The van der Waals surface area contributed by atoms with Crippen molar-refractivity contribution in [1.82, 2.24) is 0 Å². The van der Waals surface area contributed by atoms with Crippen molar-refractivity contribution >= 4 is 5.69 Å². The van der Waals surface area contributed by atoms with Crippen LogP contribution in [0.4, 0.5) is 14.5 Å². The lowest BCUT2D eigenvalue weighted by atomic mass is 10.1. The van der Waals surface area contributed by atoms with E-state index in [1.54, 1.807) is 6.92 Å². The molecule has 0 aliphatic rings. The lowest BCUT2D eigenvalue weighted by Crippen LogP contribution is -2.05. The SMILES string of the molecule is Cc1cc(F)c(NCCCC(C)C)cc1F. The van der Waals surface area contributed by atoms with Crippen molar-refractivity contribution in [3.63, 3.8) is 0 Å². The third-order valence-electron chi connectivity index (χ3n) is 2.52. The van der Waals surface area contributed by atoms with Crippen molar-refractivity contribution in [3.05, 3.63) is 29.3 Å². The van der Waals surface area contributed by atoms with Crippen LogP contribution < -0.4 is 5.32 Å². The number of benzene rings is 1. The Kier molecular flexibility index (Phi) is 4.71. The van der Waals surface area contributed by atoms with Gasteiger partial charge in [0.15, 0.2) is 0 Å². The summed E-state index contributed by atoms with van der Waals surface area (Å²) in [4.78, 5) is 0. The highest BCUT2D eigenvalue weighted by atomic mass is 19.1. The zero-order valence-corrected chi connectivity index (χ0v) is 10.1. The molecule has 3 heteroatoms. The van der Waals surface area contributed by atoms with Crippen LogP contribution in [-0.4, -0.2) is 6.54 Å². The Hall–Kier alpha value is -1.12. The third-order valence-corrected chi connectivity index (χ3v) is 2.52. The number of rotatable bonds is 5. The van der Waals surface area contributed by atoms with Crippen molar-refractivity contribution < 1.29 is 8.78 Å². The van der Waals surface area contributed by atoms with Crippen LogP contribution in [-0.2, 0) is 0 Å². The van der Waals surface area contributed by atoms with Gasteiger partial charge in [0.25, 0.3) is 0 Å². The van der Waals surface area contributed by atoms with Gasteiger partial charge in [0.2, 0.25) is 0 Å². The summed E-state index contributed by atoms with van der Waals surface area (Å²) >= 11 is 0. The molecular formula is C13H19F2N. The fraction of sp³-hybridized carbons (Fsp3) is 0.538. The summed E-state index contributed by atoms with van der Waals surface area (Å²) in [7, 11) is 0. The molecule has 0 radical (unpaired) electrons. The van der Waals surface area contributed by atoms with E-state index in [1.807, 2.05) is 0 Å². The number of nitrogens with one attached hydrogen (secondary N) is 1. The normalized spacial score (nSPS) is 10.9. The molecule has 0 saturated carbocycles. The Labute approximate surface area is 95.9 Å². The van der Waals surface area contributed by atoms with E-state index in [4.69, 9.17) is 0 Å². The van der Waals surface area contributed by atoms with Crippen molar-refractivity contribution in [1.29, 1.82) is 0 Å². The van der Waals surface area contributed by atoms with Gasteiger partial charge in [-0.3, -0.25) is 0 Å². The van der Waals surface area contributed by atoms with Crippen LogP contribution in [0.5, 0.6) is 0 Å². The van der Waals surface area contributed by atoms with Crippen LogP contribution in [0.25, 0.3) is 0 Å². The van der Waals surface area contributed by atoms with E-state index < -0.39 is 0 Å². The summed E-state index contributed by atoms with van der Waals surface area (Å²) in [6, 6.07) is 2.44. The van der Waals surface area contributed by atoms with Gasteiger partial charge < -0.3 is 5.32 Å². The molecule has 0 spiro atoms. The van der Waals surface area contributed by atoms with Crippen LogP contribution in [0.15, 0.2) is 12.1 Å². The predicted octanol–water partition coefficient (Wildman–Crippen LogP) is 4.12. The van der Waals surface area contributed by atoms with Crippen molar-refractivity contribution in [2.75, 3.05) is 11.9 Å². The van der Waals surface area contributed by atoms with Crippen molar-refractivity contribution in [2.45, 2.75) is 33.6 Å². The second kappa shape index (κ2) is 5.83. The zero-order chi connectivity index (χ0) is 12.1. The predicted molar refractivity (Wildman–Crippen MR) is 63.7 cm³/mol. The fourth-order valence-electron chi connectivity index (χ4n) is 1.52. The topological polar surface area (TPSA) is 12.0 Å². The first-order valence-corrected chi connectivity index (χ1v) is 5.70. The largest absolute Gasteiger partial charge is 0.383 e. The van der Waals surface area contributed by atoms with Crippen LogP contribution in [0.2, 0.25) is 0 Å². The minimum Gasteiger partial charge on any atom is -0.383 e. The van der Waals surface area contributed by atoms with Gasteiger partial charge in [-0.1, -0.05) is 13.8 Å². The molecule has 0 aliphatic carbocycles. The Bertz CT molecular complexity index is 348.